The molecule has 0 nitrogen and oxygen atoms in total. The van der Waals surface area contributed by atoms with E-state index in [-0.39, 0.29) is 0 Å². The first-order valence-corrected chi connectivity index (χ1v) is 8.29. The van der Waals surface area contributed by atoms with Gasteiger partial charge in [-0.25, -0.2) is 0 Å². The minimum atomic E-state index is 1.38. The van der Waals surface area contributed by atoms with Crippen LogP contribution >= 0.6 is 37.2 Å². The molecule has 0 spiro atoms. The van der Waals surface area contributed by atoms with Crippen LogP contribution in [0.25, 0.3) is 0 Å². The highest BCUT2D eigenvalue weighted by molar-refractivity contribution is 15.0. The van der Waals surface area contributed by atoms with E-state index in [2.05, 4.69) is 57.2 Å². The average Bonchev–Trinajstić information content (AvgIpc) is 1.73. The molecule has 2 heteroatoms. The molecule has 0 aromatic heterocycles. The molecule has 0 aromatic carbocycles. The summed E-state index contributed by atoms with van der Waals surface area (Å²) in [4.78, 5) is 0. The van der Waals surface area contributed by atoms with Crippen LogP contribution < -0.4 is 0 Å². The summed E-state index contributed by atoms with van der Waals surface area (Å²) in [6.07, 6.45) is 2.08. The quantitative estimate of drug-likeness (QED) is 0.470. The van der Waals surface area contributed by atoms with Crippen LogP contribution in [0.15, 0.2) is 11.6 Å². The fraction of sp³-hybridized carbons (Fsp3) is 0.600. The molecule has 0 amide bonds. The van der Waals surface area contributed by atoms with Gasteiger partial charge in [-0.15, -0.1) is 0 Å². The Morgan fingerprint density at radius 1 is 1.29 bits per heavy atom. The molecule has 0 unspecified atom stereocenters. The highest BCUT2D eigenvalue weighted by atomic mass is 128. The van der Waals surface area contributed by atoms with Crippen molar-refractivity contribution < 1.29 is 0 Å². The highest BCUT2D eigenvalue weighted by Crippen LogP contribution is 1.89. The molecule has 0 aliphatic rings. The second kappa shape index (κ2) is 10.2. The Labute approximate surface area is 69.1 Å². The van der Waals surface area contributed by atoms with Gasteiger partial charge in [0.2, 0.25) is 0 Å². The first kappa shape index (κ1) is 11.1. The van der Waals surface area contributed by atoms with E-state index in [1.165, 1.54) is 5.57 Å². The van der Waals surface area contributed by atoms with Gasteiger partial charge in [0.05, 0.1) is 0 Å². The van der Waals surface area contributed by atoms with Gasteiger partial charge in [0.1, 0.15) is 0 Å². The standard InChI is InChI=1S/C5H10.I2/c1-4-5(2)3;1-2/h4H,1-3H3;. The summed E-state index contributed by atoms with van der Waals surface area (Å²) in [6, 6.07) is 0. The van der Waals surface area contributed by atoms with Crippen molar-refractivity contribution in [2.75, 3.05) is 0 Å². The molecule has 0 saturated carbocycles. The van der Waals surface area contributed by atoms with Gasteiger partial charge in [-0.1, -0.05) is 11.6 Å². The molecule has 0 aromatic rings. The van der Waals surface area contributed by atoms with Crippen LogP contribution in [0.5, 0.6) is 0 Å². The molecule has 0 aliphatic heterocycles. The Bertz CT molecular complexity index is 44.0. The first-order chi connectivity index (χ1) is 3.27. The zero-order valence-electron chi connectivity index (χ0n) is 4.83. The lowest BCUT2D eigenvalue weighted by molar-refractivity contribution is 1.36. The first-order valence-electron chi connectivity index (χ1n) is 2.01. The maximum atomic E-state index is 2.12. The van der Waals surface area contributed by atoms with Crippen molar-refractivity contribution in [3.05, 3.63) is 11.6 Å². The number of hydrogen-bond acceptors (Lipinski definition) is 0. The molecule has 0 N–H and O–H groups in total. The van der Waals surface area contributed by atoms with Gasteiger partial charge in [0.15, 0.2) is 0 Å². The number of hydrogen-bond donors (Lipinski definition) is 0. The lowest BCUT2D eigenvalue weighted by Crippen LogP contribution is -1.52. The summed E-state index contributed by atoms with van der Waals surface area (Å²) in [7, 11) is 0. The second-order valence-electron chi connectivity index (χ2n) is 1.37. The normalized spacial score (nSPS) is 5.86. The van der Waals surface area contributed by atoms with E-state index < -0.39 is 0 Å². The molecule has 0 rings (SSSR count). The molecule has 7 heavy (non-hydrogen) atoms. The van der Waals surface area contributed by atoms with Crippen molar-refractivity contribution in [1.29, 1.82) is 0 Å². The monoisotopic (exact) mass is 324 g/mol. The molecule has 0 aliphatic carbocycles. The predicted molar refractivity (Wildman–Crippen MR) is 53.1 cm³/mol. The van der Waals surface area contributed by atoms with Crippen LogP contribution in [0.1, 0.15) is 20.8 Å². The lowest BCUT2D eigenvalue weighted by atomic mass is 10.3. The van der Waals surface area contributed by atoms with E-state index in [1.807, 2.05) is 6.92 Å². The summed E-state index contributed by atoms with van der Waals surface area (Å²) in [5.74, 6) is 0. The van der Waals surface area contributed by atoms with E-state index in [9.17, 15) is 0 Å². The van der Waals surface area contributed by atoms with Crippen molar-refractivity contribution in [3.63, 3.8) is 0 Å². The predicted octanol–water partition coefficient (Wildman–Crippen LogP) is 3.74. The van der Waals surface area contributed by atoms with E-state index >= 15 is 0 Å². The largest absolute Gasteiger partial charge is 0.0890 e. The molecule has 0 radical (unpaired) electrons. The highest BCUT2D eigenvalue weighted by Gasteiger charge is 1.60. The summed E-state index contributed by atoms with van der Waals surface area (Å²) >= 11 is 4.24. The topological polar surface area (TPSA) is 0 Å². The molecular weight excluding hydrogens is 314 g/mol. The van der Waals surface area contributed by atoms with Crippen molar-refractivity contribution in [1.82, 2.24) is 0 Å². The van der Waals surface area contributed by atoms with Crippen LogP contribution in [0.2, 0.25) is 0 Å². The SMILES string of the molecule is CC=C(C)C.II. The maximum Gasteiger partial charge on any atom is 0 e. The number of rotatable bonds is 0. The molecule has 44 valence electrons. The Morgan fingerprint density at radius 2 is 1.43 bits per heavy atom. The smallest absolute Gasteiger partial charge is 0 e. The Hall–Kier alpha value is 1.20. The lowest BCUT2D eigenvalue weighted by Gasteiger charge is -1.74. The molecule has 0 saturated heterocycles. The summed E-state index contributed by atoms with van der Waals surface area (Å²) < 4.78 is 0. The third-order valence-corrected chi connectivity index (χ3v) is 0.577. The second-order valence-corrected chi connectivity index (χ2v) is 1.37. The zero-order valence-corrected chi connectivity index (χ0v) is 9.15. The van der Waals surface area contributed by atoms with Crippen molar-refractivity contribution in [3.8, 4) is 0 Å². The van der Waals surface area contributed by atoms with Gasteiger partial charge in [-0.2, -0.15) is 0 Å². The van der Waals surface area contributed by atoms with Crippen LogP contribution in [0.3, 0.4) is 0 Å². The fourth-order valence-electron chi connectivity index (χ4n) is 0. The van der Waals surface area contributed by atoms with E-state index in [1.54, 1.807) is 0 Å². The Balaban J connectivity index is 0. The van der Waals surface area contributed by atoms with Crippen molar-refractivity contribution in [2.45, 2.75) is 20.8 Å². The van der Waals surface area contributed by atoms with Gasteiger partial charge in [-0.05, 0) is 20.8 Å². The van der Waals surface area contributed by atoms with Gasteiger partial charge >= 0.3 is 0 Å². The number of allylic oxidation sites excluding steroid dienone is 2. The Kier molecular flexibility index (Phi) is 16.2. The summed E-state index contributed by atoms with van der Waals surface area (Å²) in [5, 5.41) is 0. The maximum absolute atomic E-state index is 2.12. The van der Waals surface area contributed by atoms with Gasteiger partial charge < -0.3 is 0 Å². The number of halogens is 2. The molecule has 0 bridgehead atoms. The van der Waals surface area contributed by atoms with Gasteiger partial charge in [-0.3, -0.25) is 0 Å². The summed E-state index contributed by atoms with van der Waals surface area (Å²) in [6.45, 7) is 6.20. The van der Waals surface area contributed by atoms with Crippen molar-refractivity contribution in [2.24, 2.45) is 0 Å². The van der Waals surface area contributed by atoms with E-state index in [4.69, 9.17) is 0 Å². The van der Waals surface area contributed by atoms with Crippen LogP contribution in [-0.2, 0) is 0 Å². The van der Waals surface area contributed by atoms with Gasteiger partial charge in [0.25, 0.3) is 0 Å². The zero-order chi connectivity index (χ0) is 6.28. The van der Waals surface area contributed by atoms with Crippen LogP contribution in [-0.4, -0.2) is 0 Å². The van der Waals surface area contributed by atoms with E-state index in [0.29, 0.717) is 0 Å². The summed E-state index contributed by atoms with van der Waals surface area (Å²) in [5.41, 5.74) is 1.38. The van der Waals surface area contributed by atoms with E-state index in [0.717, 1.165) is 0 Å². The van der Waals surface area contributed by atoms with Crippen LogP contribution in [0.4, 0.5) is 0 Å². The fourth-order valence-corrected chi connectivity index (χ4v) is 0. The Morgan fingerprint density at radius 3 is 1.43 bits per heavy atom. The third-order valence-electron chi connectivity index (χ3n) is 0.577. The molecular formula is C5H10I2. The van der Waals surface area contributed by atoms with Gasteiger partial charge in [0, 0.05) is 37.2 Å². The minimum Gasteiger partial charge on any atom is -0.0890 e. The average molecular weight is 324 g/mol. The minimum absolute atomic E-state index is 1.38. The molecule has 0 fully saturated rings. The molecule has 0 atom stereocenters. The van der Waals surface area contributed by atoms with Crippen molar-refractivity contribution >= 4 is 37.2 Å². The van der Waals surface area contributed by atoms with Crippen LogP contribution in [0, 0.1) is 0 Å². The molecule has 0 heterocycles. The third kappa shape index (κ3) is 19.0.